The molecule has 94 valence electrons. The second kappa shape index (κ2) is 7.18. The first-order valence-corrected chi connectivity index (χ1v) is 6.61. The average Bonchev–Trinajstić information content (AvgIpc) is 2.74. The van der Waals surface area contributed by atoms with E-state index in [1.54, 1.807) is 0 Å². The van der Waals surface area contributed by atoms with Gasteiger partial charge >= 0.3 is 0 Å². The number of carbonyl (C=O) groups excluding carboxylic acids is 1. The van der Waals surface area contributed by atoms with Crippen molar-refractivity contribution < 1.29 is 4.79 Å². The summed E-state index contributed by atoms with van der Waals surface area (Å²) in [7, 11) is 0. The van der Waals surface area contributed by atoms with Gasteiger partial charge in [-0.05, 0) is 66.2 Å². The van der Waals surface area contributed by atoms with Crippen molar-refractivity contribution in [1.29, 1.82) is 0 Å². The van der Waals surface area contributed by atoms with E-state index in [1.165, 1.54) is 9.99 Å². The Hall–Kier alpha value is -0.330. The highest BCUT2D eigenvalue weighted by Gasteiger charge is 2.17. The monoisotopic (exact) mass is 366 g/mol. The molecule has 1 aliphatic heterocycles. The van der Waals surface area contributed by atoms with E-state index in [4.69, 9.17) is 0 Å². The Morgan fingerprint density at radius 2 is 2.12 bits per heavy atom. The first-order valence-electron chi connectivity index (χ1n) is 5.53. The van der Waals surface area contributed by atoms with E-state index < -0.39 is 0 Å². The molecule has 1 atom stereocenters. The van der Waals surface area contributed by atoms with Crippen molar-refractivity contribution in [3.8, 4) is 0 Å². The molecule has 1 amide bonds. The van der Waals surface area contributed by atoms with Crippen LogP contribution < -0.4 is 10.6 Å². The van der Waals surface area contributed by atoms with Crippen LogP contribution in [-0.4, -0.2) is 18.5 Å². The Morgan fingerprint density at radius 1 is 1.41 bits per heavy atom. The number of benzene rings is 1. The van der Waals surface area contributed by atoms with Gasteiger partial charge in [-0.3, -0.25) is 4.79 Å². The van der Waals surface area contributed by atoms with Gasteiger partial charge in [-0.15, -0.1) is 12.4 Å². The summed E-state index contributed by atoms with van der Waals surface area (Å²) in [6, 6.07) is 8.21. The molecule has 1 fully saturated rings. The zero-order valence-corrected chi connectivity index (χ0v) is 12.4. The van der Waals surface area contributed by atoms with E-state index in [0.29, 0.717) is 12.5 Å². The second-order valence-corrected chi connectivity index (χ2v) is 5.30. The van der Waals surface area contributed by atoms with Crippen LogP contribution in [0.4, 0.5) is 5.69 Å². The van der Waals surface area contributed by atoms with E-state index in [-0.39, 0.29) is 18.3 Å². The van der Waals surface area contributed by atoms with Gasteiger partial charge in [0.05, 0.1) is 0 Å². The van der Waals surface area contributed by atoms with Gasteiger partial charge in [0.1, 0.15) is 0 Å². The smallest absolute Gasteiger partial charge is 0.225 e. The molecule has 1 aliphatic rings. The molecule has 0 bridgehead atoms. The van der Waals surface area contributed by atoms with Crippen LogP contribution in [0.5, 0.6) is 0 Å². The summed E-state index contributed by atoms with van der Waals surface area (Å²) in [5.41, 5.74) is 0.878. The van der Waals surface area contributed by atoms with Crippen LogP contribution in [0, 0.1) is 3.57 Å². The summed E-state index contributed by atoms with van der Waals surface area (Å²) < 4.78 is 1.17. The third-order valence-corrected chi connectivity index (χ3v) is 3.44. The lowest BCUT2D eigenvalue weighted by Gasteiger charge is -2.10. The fourth-order valence-electron chi connectivity index (χ4n) is 1.90. The maximum atomic E-state index is 11.7. The van der Waals surface area contributed by atoms with E-state index in [1.807, 2.05) is 24.3 Å². The fourth-order valence-corrected chi connectivity index (χ4v) is 2.26. The third kappa shape index (κ3) is 4.81. The highest BCUT2D eigenvalue weighted by atomic mass is 127. The van der Waals surface area contributed by atoms with Crippen LogP contribution in [0.2, 0.25) is 0 Å². The predicted molar refractivity (Wildman–Crippen MR) is 80.7 cm³/mol. The Labute approximate surface area is 121 Å². The summed E-state index contributed by atoms with van der Waals surface area (Å²) >= 11 is 2.25. The normalized spacial score (nSPS) is 18.5. The van der Waals surface area contributed by atoms with Crippen LogP contribution >= 0.6 is 35.0 Å². The van der Waals surface area contributed by atoms with Crippen molar-refractivity contribution in [3.05, 3.63) is 27.8 Å². The molecule has 1 heterocycles. The maximum Gasteiger partial charge on any atom is 0.225 e. The van der Waals surface area contributed by atoms with Crippen molar-refractivity contribution in [3.63, 3.8) is 0 Å². The molecule has 0 saturated carbocycles. The Bertz CT molecular complexity index is 363. The topological polar surface area (TPSA) is 41.1 Å². The molecule has 0 aliphatic carbocycles. The zero-order chi connectivity index (χ0) is 11.4. The predicted octanol–water partition coefficient (Wildman–Crippen LogP) is 2.79. The van der Waals surface area contributed by atoms with Gasteiger partial charge in [0.15, 0.2) is 0 Å². The van der Waals surface area contributed by atoms with Gasteiger partial charge in [0.25, 0.3) is 0 Å². The quantitative estimate of drug-likeness (QED) is 0.808. The number of anilines is 1. The average molecular weight is 367 g/mol. The molecular formula is C12H16ClIN2O. The van der Waals surface area contributed by atoms with E-state index in [9.17, 15) is 4.79 Å². The van der Waals surface area contributed by atoms with Gasteiger partial charge in [-0.25, -0.2) is 0 Å². The van der Waals surface area contributed by atoms with Gasteiger partial charge < -0.3 is 10.6 Å². The number of hydrogen-bond acceptors (Lipinski definition) is 2. The molecule has 0 spiro atoms. The van der Waals surface area contributed by atoms with Crippen LogP contribution in [-0.2, 0) is 4.79 Å². The second-order valence-electron chi connectivity index (χ2n) is 4.05. The van der Waals surface area contributed by atoms with Crippen LogP contribution in [0.1, 0.15) is 19.3 Å². The molecule has 1 saturated heterocycles. The highest BCUT2D eigenvalue weighted by Crippen LogP contribution is 2.13. The highest BCUT2D eigenvalue weighted by molar-refractivity contribution is 14.1. The molecule has 0 radical (unpaired) electrons. The fraction of sp³-hybridized carbons (Fsp3) is 0.417. The van der Waals surface area contributed by atoms with Crippen molar-refractivity contribution in [1.82, 2.24) is 5.32 Å². The van der Waals surface area contributed by atoms with E-state index in [2.05, 4.69) is 33.2 Å². The van der Waals surface area contributed by atoms with Crippen LogP contribution in [0.3, 0.4) is 0 Å². The molecular weight excluding hydrogens is 351 g/mol. The Balaban J connectivity index is 0.00000144. The van der Waals surface area contributed by atoms with Gasteiger partial charge in [0.2, 0.25) is 5.91 Å². The van der Waals surface area contributed by atoms with Crippen molar-refractivity contribution in [2.24, 2.45) is 0 Å². The summed E-state index contributed by atoms with van der Waals surface area (Å²) in [6.45, 7) is 1.04. The molecule has 0 aromatic heterocycles. The minimum absolute atomic E-state index is 0. The molecule has 5 heteroatoms. The number of amides is 1. The number of rotatable bonds is 3. The zero-order valence-electron chi connectivity index (χ0n) is 9.41. The first-order chi connectivity index (χ1) is 7.74. The van der Waals surface area contributed by atoms with Crippen LogP contribution in [0.15, 0.2) is 24.3 Å². The lowest BCUT2D eigenvalue weighted by Crippen LogP contribution is -2.27. The third-order valence-electron chi connectivity index (χ3n) is 2.72. The van der Waals surface area contributed by atoms with E-state index >= 15 is 0 Å². The molecule has 1 aromatic rings. The number of carbonyl (C=O) groups is 1. The Morgan fingerprint density at radius 3 is 2.71 bits per heavy atom. The number of halogens is 2. The molecule has 3 nitrogen and oxygen atoms in total. The summed E-state index contributed by atoms with van der Waals surface area (Å²) in [4.78, 5) is 11.7. The SMILES string of the molecule is Cl.O=C(CC1CCCN1)Nc1ccc(I)cc1. The lowest BCUT2D eigenvalue weighted by molar-refractivity contribution is -0.116. The van der Waals surface area contributed by atoms with Crippen molar-refractivity contribution in [2.45, 2.75) is 25.3 Å². The summed E-state index contributed by atoms with van der Waals surface area (Å²) in [6.07, 6.45) is 2.87. The summed E-state index contributed by atoms with van der Waals surface area (Å²) in [5, 5.41) is 6.23. The van der Waals surface area contributed by atoms with E-state index in [0.717, 1.165) is 18.7 Å². The largest absolute Gasteiger partial charge is 0.326 e. The Kier molecular flexibility index (Phi) is 6.22. The minimum Gasteiger partial charge on any atom is -0.326 e. The van der Waals surface area contributed by atoms with Crippen molar-refractivity contribution in [2.75, 3.05) is 11.9 Å². The lowest BCUT2D eigenvalue weighted by atomic mass is 10.1. The minimum atomic E-state index is 0. The standard InChI is InChI=1S/C12H15IN2O.ClH/c13-9-3-5-10(6-4-9)15-12(16)8-11-2-1-7-14-11;/h3-6,11,14H,1-2,7-8H2,(H,15,16);1H. The molecule has 1 unspecified atom stereocenters. The van der Waals surface area contributed by atoms with Crippen LogP contribution in [0.25, 0.3) is 0 Å². The molecule has 2 rings (SSSR count). The summed E-state index contributed by atoms with van der Waals surface area (Å²) in [5.74, 6) is 0.0978. The van der Waals surface area contributed by atoms with Gasteiger partial charge in [-0.1, -0.05) is 0 Å². The first kappa shape index (κ1) is 14.7. The number of hydrogen-bond donors (Lipinski definition) is 2. The molecule has 17 heavy (non-hydrogen) atoms. The van der Waals surface area contributed by atoms with Gasteiger partial charge in [0, 0.05) is 21.7 Å². The molecule has 2 N–H and O–H groups in total. The molecule has 1 aromatic carbocycles. The number of nitrogens with one attached hydrogen (secondary N) is 2. The van der Waals surface area contributed by atoms with Gasteiger partial charge in [-0.2, -0.15) is 0 Å². The maximum absolute atomic E-state index is 11.7. The van der Waals surface area contributed by atoms with Crippen molar-refractivity contribution >= 4 is 46.6 Å².